The predicted octanol–water partition coefficient (Wildman–Crippen LogP) is 4.93. The van der Waals surface area contributed by atoms with E-state index in [-0.39, 0.29) is 11.9 Å². The molecule has 0 bridgehead atoms. The van der Waals surface area contributed by atoms with E-state index in [9.17, 15) is 9.90 Å². The molecule has 32 heavy (non-hydrogen) atoms. The number of aliphatic hydroxyl groups is 1. The molecule has 1 saturated carbocycles. The normalized spacial score (nSPS) is 36.2. The Morgan fingerprint density at radius 1 is 1.16 bits per heavy atom. The van der Waals surface area contributed by atoms with Gasteiger partial charge < -0.3 is 14.6 Å². The Labute approximate surface area is 190 Å². The van der Waals surface area contributed by atoms with Gasteiger partial charge in [-0.05, 0) is 91.4 Å². The minimum absolute atomic E-state index is 0.181. The Morgan fingerprint density at radius 2 is 1.94 bits per heavy atom. The van der Waals surface area contributed by atoms with E-state index in [1.807, 2.05) is 18.2 Å². The number of benzene rings is 1. The largest absolute Gasteiger partial charge is 0.497 e. The van der Waals surface area contributed by atoms with Crippen LogP contribution in [-0.2, 0) is 9.53 Å². The lowest BCUT2D eigenvalue weighted by molar-refractivity contribution is -0.114. The van der Waals surface area contributed by atoms with Crippen molar-refractivity contribution >= 4 is 5.78 Å². The lowest BCUT2D eigenvalue weighted by atomic mass is 9.61. The van der Waals surface area contributed by atoms with Crippen molar-refractivity contribution in [1.29, 1.82) is 0 Å². The lowest BCUT2D eigenvalue weighted by Crippen LogP contribution is -2.48. The maximum atomic E-state index is 12.2. The van der Waals surface area contributed by atoms with E-state index in [1.54, 1.807) is 14.0 Å². The summed E-state index contributed by atoms with van der Waals surface area (Å²) in [5.41, 5.74) is 3.49. The molecule has 1 N–H and O–H groups in total. The van der Waals surface area contributed by atoms with Crippen LogP contribution in [0.15, 0.2) is 47.1 Å². The molecule has 0 amide bonds. The van der Waals surface area contributed by atoms with Gasteiger partial charge in [-0.25, -0.2) is 0 Å². The third-order valence-corrected chi connectivity index (χ3v) is 8.47. The van der Waals surface area contributed by atoms with Crippen molar-refractivity contribution in [3.05, 3.63) is 52.6 Å². The molecule has 0 radical (unpaired) electrons. The Bertz CT molecular complexity index is 1050. The van der Waals surface area contributed by atoms with E-state index in [0.717, 1.165) is 37.0 Å². The second kappa shape index (κ2) is 7.90. The van der Waals surface area contributed by atoms with Crippen LogP contribution in [0, 0.1) is 29.1 Å². The number of rotatable bonds is 2. The summed E-state index contributed by atoms with van der Waals surface area (Å²) >= 11 is 0. The second-order valence-corrected chi connectivity index (χ2v) is 9.98. The Morgan fingerprint density at radius 3 is 2.66 bits per heavy atom. The van der Waals surface area contributed by atoms with E-state index >= 15 is 0 Å². The van der Waals surface area contributed by atoms with E-state index in [4.69, 9.17) is 9.47 Å². The first-order chi connectivity index (χ1) is 15.4. The average molecular weight is 433 g/mol. The van der Waals surface area contributed by atoms with Gasteiger partial charge in [-0.1, -0.05) is 25.0 Å². The topological polar surface area (TPSA) is 55.8 Å². The Balaban J connectivity index is 1.67. The molecule has 4 heteroatoms. The molecule has 1 aromatic rings. The monoisotopic (exact) mass is 432 g/mol. The standard InChI is InChI=1S/C28H32O4/c1-4-14-28(30)15-13-24-23-11-7-19-16-20(29)8-12-22(19)25(23)26(32-17-27(24,28)2)18-5-9-21(31-3)10-6-18/h5-6,9-10,16,23-24,26,30H,7-8,11-13,15,17H2,1-3H3/t23-,24-,26+,27-,28-/m0/s1. The number of hydrogen-bond acceptors (Lipinski definition) is 4. The minimum Gasteiger partial charge on any atom is -0.497 e. The summed E-state index contributed by atoms with van der Waals surface area (Å²) in [5, 5.41) is 11.6. The van der Waals surface area contributed by atoms with E-state index in [0.29, 0.717) is 31.3 Å². The van der Waals surface area contributed by atoms with Crippen LogP contribution in [0.5, 0.6) is 5.75 Å². The van der Waals surface area contributed by atoms with Crippen LogP contribution in [-0.4, -0.2) is 30.2 Å². The van der Waals surface area contributed by atoms with Crippen molar-refractivity contribution in [2.45, 2.75) is 64.1 Å². The highest BCUT2D eigenvalue weighted by Gasteiger charge is 2.61. The van der Waals surface area contributed by atoms with Gasteiger partial charge in [0.15, 0.2) is 5.78 Å². The summed E-state index contributed by atoms with van der Waals surface area (Å²) in [6.07, 6.45) is 6.58. The molecule has 1 heterocycles. The Kier molecular flexibility index (Phi) is 5.31. The molecular formula is C28H32O4. The molecule has 0 aromatic heterocycles. The summed E-state index contributed by atoms with van der Waals surface area (Å²) in [5.74, 6) is 7.81. The smallest absolute Gasteiger partial charge is 0.156 e. The molecule has 0 unspecified atom stereocenters. The number of carbonyl (C=O) groups excluding carboxylic acids is 1. The van der Waals surface area contributed by atoms with E-state index < -0.39 is 11.0 Å². The van der Waals surface area contributed by atoms with Crippen molar-refractivity contribution in [2.75, 3.05) is 13.7 Å². The fourth-order valence-corrected chi connectivity index (χ4v) is 6.74. The van der Waals surface area contributed by atoms with Gasteiger partial charge in [0.25, 0.3) is 0 Å². The van der Waals surface area contributed by atoms with E-state index in [1.165, 1.54) is 16.7 Å². The lowest BCUT2D eigenvalue weighted by Gasteiger charge is -2.42. The summed E-state index contributed by atoms with van der Waals surface area (Å²) in [6.45, 7) is 4.44. The van der Waals surface area contributed by atoms with Gasteiger partial charge in [-0.3, -0.25) is 4.79 Å². The highest BCUT2D eigenvalue weighted by Crippen LogP contribution is 2.61. The molecule has 168 valence electrons. The van der Waals surface area contributed by atoms with Gasteiger partial charge in [0.1, 0.15) is 17.5 Å². The van der Waals surface area contributed by atoms with Gasteiger partial charge in [-0.2, -0.15) is 0 Å². The van der Waals surface area contributed by atoms with Gasteiger partial charge in [0, 0.05) is 11.8 Å². The first kappa shape index (κ1) is 21.5. The van der Waals surface area contributed by atoms with Crippen molar-refractivity contribution in [3.63, 3.8) is 0 Å². The van der Waals surface area contributed by atoms with Gasteiger partial charge in [0.2, 0.25) is 0 Å². The number of carbonyl (C=O) groups is 1. The number of ketones is 1. The maximum absolute atomic E-state index is 12.2. The first-order valence-electron chi connectivity index (χ1n) is 11.8. The summed E-state index contributed by atoms with van der Waals surface area (Å²) < 4.78 is 12.1. The van der Waals surface area contributed by atoms with Crippen molar-refractivity contribution < 1.29 is 19.4 Å². The minimum atomic E-state index is -1.03. The van der Waals surface area contributed by atoms with Crippen LogP contribution in [0.1, 0.15) is 64.0 Å². The number of allylic oxidation sites excluding steroid dienone is 3. The highest BCUT2D eigenvalue weighted by molar-refractivity contribution is 5.93. The number of methoxy groups -OCH3 is 1. The molecule has 1 saturated heterocycles. The molecule has 4 aliphatic rings. The molecule has 1 aromatic carbocycles. The van der Waals surface area contributed by atoms with Gasteiger partial charge in [-0.15, -0.1) is 5.92 Å². The zero-order chi connectivity index (χ0) is 22.5. The SMILES string of the molecule is CC#C[C@]1(O)CC[C@H]2[C@@H]3CCC4=CC(=O)CCC4=C3[C@@H](c3ccc(OC)cc3)OC[C@@]21C. The summed E-state index contributed by atoms with van der Waals surface area (Å²) in [4.78, 5) is 12.2. The quantitative estimate of drug-likeness (QED) is 0.673. The number of hydrogen-bond donors (Lipinski definition) is 1. The molecule has 5 rings (SSSR count). The second-order valence-electron chi connectivity index (χ2n) is 9.98. The number of ether oxygens (including phenoxy) is 2. The van der Waals surface area contributed by atoms with Crippen LogP contribution >= 0.6 is 0 Å². The van der Waals surface area contributed by atoms with Crippen molar-refractivity contribution in [2.24, 2.45) is 17.3 Å². The van der Waals surface area contributed by atoms with Gasteiger partial charge in [0.05, 0.1) is 13.7 Å². The third-order valence-electron chi connectivity index (χ3n) is 8.47. The van der Waals surface area contributed by atoms with Crippen molar-refractivity contribution in [1.82, 2.24) is 0 Å². The first-order valence-corrected chi connectivity index (χ1v) is 11.8. The zero-order valence-corrected chi connectivity index (χ0v) is 19.2. The third kappa shape index (κ3) is 3.17. The summed E-state index contributed by atoms with van der Waals surface area (Å²) in [7, 11) is 1.67. The van der Waals surface area contributed by atoms with Crippen LogP contribution < -0.4 is 4.74 Å². The molecule has 1 aliphatic heterocycles. The fourth-order valence-electron chi connectivity index (χ4n) is 6.74. The maximum Gasteiger partial charge on any atom is 0.156 e. The van der Waals surface area contributed by atoms with Crippen LogP contribution in [0.4, 0.5) is 0 Å². The molecular weight excluding hydrogens is 400 g/mol. The summed E-state index contributed by atoms with van der Waals surface area (Å²) in [6, 6.07) is 8.13. The highest BCUT2D eigenvalue weighted by atomic mass is 16.5. The Hall–Kier alpha value is -2.35. The van der Waals surface area contributed by atoms with Gasteiger partial charge >= 0.3 is 0 Å². The zero-order valence-electron chi connectivity index (χ0n) is 19.2. The fraction of sp³-hybridized carbons (Fsp3) is 0.536. The van der Waals surface area contributed by atoms with E-state index in [2.05, 4.69) is 30.9 Å². The van der Waals surface area contributed by atoms with Crippen LogP contribution in [0.2, 0.25) is 0 Å². The molecule has 3 aliphatic carbocycles. The average Bonchev–Trinajstić information content (AvgIpc) is 2.96. The molecule has 5 atom stereocenters. The number of fused-ring (bicyclic) bond motifs is 4. The molecule has 4 nitrogen and oxygen atoms in total. The predicted molar refractivity (Wildman–Crippen MR) is 123 cm³/mol. The van der Waals surface area contributed by atoms with Crippen LogP contribution in [0.3, 0.4) is 0 Å². The van der Waals surface area contributed by atoms with Crippen LogP contribution in [0.25, 0.3) is 0 Å². The molecule has 0 spiro atoms. The van der Waals surface area contributed by atoms with Crippen molar-refractivity contribution in [3.8, 4) is 17.6 Å². The molecule has 2 fully saturated rings.